The van der Waals surface area contributed by atoms with E-state index >= 15 is 0 Å². The van der Waals surface area contributed by atoms with Crippen LogP contribution in [0, 0.1) is 0 Å². The average molecular weight is 663 g/mol. The fourth-order valence-electron chi connectivity index (χ4n) is 3.05. The summed E-state index contributed by atoms with van der Waals surface area (Å²) in [5, 5.41) is 2.64. The van der Waals surface area contributed by atoms with Crippen LogP contribution in [0.25, 0.3) is 4.13 Å². The maximum Gasteiger partial charge on any atom is 0.480 e. The predicted molar refractivity (Wildman–Crippen MR) is 142 cm³/mol. The van der Waals surface area contributed by atoms with Gasteiger partial charge in [-0.05, 0) is 55.5 Å². The van der Waals surface area contributed by atoms with Crippen molar-refractivity contribution in [3.8, 4) is 0 Å². The van der Waals surface area contributed by atoms with Crippen molar-refractivity contribution in [1.82, 2.24) is 0 Å². The van der Waals surface area contributed by atoms with E-state index in [1.165, 1.54) is 18.1 Å². The van der Waals surface area contributed by atoms with Crippen molar-refractivity contribution < 1.29 is 62.1 Å². The largest absolute Gasteiger partial charge is 0.480 e. The molecule has 43 heavy (non-hydrogen) atoms. The molecule has 2 rings (SSSR count). The van der Waals surface area contributed by atoms with Crippen LogP contribution >= 0.6 is 0 Å². The van der Waals surface area contributed by atoms with Crippen LogP contribution in [-0.4, -0.2) is 46.6 Å². The molecule has 11 nitrogen and oxygen atoms in total. The Morgan fingerprint density at radius 2 is 1.44 bits per heavy atom. The molecular formula is C24H28F6N4O7S2. The van der Waals surface area contributed by atoms with Gasteiger partial charge in [-0.3, -0.25) is 5.32 Å². The van der Waals surface area contributed by atoms with Gasteiger partial charge in [-0.15, -0.1) is 0 Å². The van der Waals surface area contributed by atoms with Gasteiger partial charge in [0.05, 0.1) is 12.3 Å². The van der Waals surface area contributed by atoms with Gasteiger partial charge in [-0.1, -0.05) is 13.3 Å². The van der Waals surface area contributed by atoms with Crippen LogP contribution in [0.1, 0.15) is 44.6 Å². The van der Waals surface area contributed by atoms with E-state index in [-0.39, 0.29) is 0 Å². The van der Waals surface area contributed by atoms with Crippen molar-refractivity contribution in [1.29, 1.82) is 0 Å². The minimum absolute atomic E-state index is 0.401. The highest BCUT2D eigenvalue weighted by atomic mass is 32.3. The lowest BCUT2D eigenvalue weighted by atomic mass is 10.1. The highest BCUT2D eigenvalue weighted by Crippen LogP contribution is 2.36. The zero-order valence-electron chi connectivity index (χ0n) is 22.6. The highest BCUT2D eigenvalue weighted by molar-refractivity contribution is 8.13. The SMILES string of the molecule is CCCc1cc[n+](CCCCCCOC(=O)Nc2ccc(N=C=O)cc2)cc1.O=S(=O)([N-]S(=O)(=O)C(F)(F)F)C(F)(F)F. The van der Waals surface area contributed by atoms with Crippen LogP contribution < -0.4 is 9.88 Å². The molecule has 1 amide bonds. The lowest BCUT2D eigenvalue weighted by molar-refractivity contribution is -0.697. The molecule has 0 saturated heterocycles. The van der Waals surface area contributed by atoms with Crippen LogP contribution in [0.15, 0.2) is 53.8 Å². The number of benzene rings is 1. The maximum atomic E-state index is 11.7. The van der Waals surface area contributed by atoms with E-state index < -0.39 is 37.2 Å². The van der Waals surface area contributed by atoms with Crippen molar-refractivity contribution in [2.75, 3.05) is 11.9 Å². The number of alkyl halides is 6. The third kappa shape index (κ3) is 14.0. The minimum Gasteiger partial charge on any atom is -0.449 e. The molecule has 0 bridgehead atoms. The van der Waals surface area contributed by atoms with Crippen molar-refractivity contribution in [2.45, 2.75) is 63.0 Å². The number of amides is 1. The molecule has 0 fully saturated rings. The Balaban J connectivity index is 0.000000523. The quantitative estimate of drug-likeness (QED) is 0.0940. The molecule has 0 spiro atoms. The summed E-state index contributed by atoms with van der Waals surface area (Å²) in [6.45, 7) is 3.61. The lowest BCUT2D eigenvalue weighted by Crippen LogP contribution is -2.32. The highest BCUT2D eigenvalue weighted by Gasteiger charge is 2.46. The van der Waals surface area contributed by atoms with E-state index in [9.17, 15) is 52.8 Å². The molecule has 0 radical (unpaired) electrons. The van der Waals surface area contributed by atoms with Crippen molar-refractivity contribution in [3.63, 3.8) is 0 Å². The van der Waals surface area contributed by atoms with Gasteiger partial charge in [-0.25, -0.2) is 31.0 Å². The molecule has 0 aliphatic carbocycles. The number of nitrogens with one attached hydrogen (secondary N) is 1. The zero-order chi connectivity index (χ0) is 32.7. The summed E-state index contributed by atoms with van der Waals surface area (Å²) in [6.07, 6.45) is 11.7. The lowest BCUT2D eigenvalue weighted by Gasteiger charge is -2.22. The summed E-state index contributed by atoms with van der Waals surface area (Å²) in [6, 6.07) is 10.9. The Kier molecular flexibility index (Phi) is 14.8. The first kappa shape index (κ1) is 37.5. The van der Waals surface area contributed by atoms with Gasteiger partial charge in [0.2, 0.25) is 6.08 Å². The number of carbonyl (C=O) groups excluding carboxylic acids is 2. The summed E-state index contributed by atoms with van der Waals surface area (Å²) in [5.41, 5.74) is -9.93. The summed E-state index contributed by atoms with van der Waals surface area (Å²) < 4.78 is 117. The van der Waals surface area contributed by atoms with Gasteiger partial charge in [0.25, 0.3) is 0 Å². The Morgan fingerprint density at radius 1 is 0.907 bits per heavy atom. The predicted octanol–water partition coefficient (Wildman–Crippen LogP) is 5.76. The van der Waals surface area contributed by atoms with Crippen molar-refractivity contribution in [2.24, 2.45) is 4.99 Å². The number of hydrogen-bond donors (Lipinski definition) is 1. The van der Waals surface area contributed by atoms with E-state index in [2.05, 4.69) is 46.3 Å². The van der Waals surface area contributed by atoms with E-state index in [0.717, 1.165) is 42.8 Å². The van der Waals surface area contributed by atoms with E-state index in [0.29, 0.717) is 18.0 Å². The van der Waals surface area contributed by atoms with Crippen LogP contribution in [-0.2, 0) is 42.5 Å². The van der Waals surface area contributed by atoms with Gasteiger partial charge in [-0.2, -0.15) is 31.3 Å². The first-order valence-electron chi connectivity index (χ1n) is 12.4. The molecule has 0 aliphatic rings. The second-order valence-corrected chi connectivity index (χ2v) is 12.0. The van der Waals surface area contributed by atoms with Crippen LogP contribution in [0.4, 0.5) is 42.5 Å². The first-order chi connectivity index (χ1) is 19.9. The molecular weight excluding hydrogens is 634 g/mol. The maximum absolute atomic E-state index is 11.7. The normalized spacial score (nSPS) is 12.0. The second kappa shape index (κ2) is 16.9. The van der Waals surface area contributed by atoms with Crippen molar-refractivity contribution in [3.05, 3.63) is 58.5 Å². The molecule has 0 unspecified atom stereocenters. The number of ether oxygens (including phenoxy) is 1. The third-order valence-electron chi connectivity index (χ3n) is 5.11. The fraction of sp³-hybridized carbons (Fsp3) is 0.458. The number of pyridine rings is 1. The standard InChI is InChI=1S/C22H27N3O3.C2F6NO4S2/c1-2-7-19-12-15-25(16-13-19)14-5-3-4-6-17-28-22(27)24-21-10-8-20(9-11-21)23-18-26;3-1(4,5)14(10,11)9-15(12,13)2(6,7)8/h8-13,15-16H,2-7,14,17H2,1H3;/q;-1/p+1. The Bertz CT molecular complexity index is 1380. The number of sulfonamides is 2. The number of aromatic nitrogens is 1. The van der Waals surface area contributed by atoms with Crippen LogP contribution in [0.3, 0.4) is 0 Å². The number of aryl methyl sites for hydroxylation is 2. The van der Waals surface area contributed by atoms with E-state index in [1.54, 1.807) is 24.3 Å². The second-order valence-electron chi connectivity index (χ2n) is 8.54. The van der Waals surface area contributed by atoms with Gasteiger partial charge in [0.1, 0.15) is 6.54 Å². The fourth-order valence-corrected chi connectivity index (χ4v) is 4.76. The smallest absolute Gasteiger partial charge is 0.449 e. The van der Waals surface area contributed by atoms with E-state index in [1.807, 2.05) is 0 Å². The number of unbranched alkanes of at least 4 members (excludes halogenated alkanes) is 3. The summed E-state index contributed by atoms with van der Waals surface area (Å²) >= 11 is 0. The number of isocyanates is 1. The van der Waals surface area contributed by atoms with Gasteiger partial charge < -0.3 is 8.86 Å². The van der Waals surface area contributed by atoms with Gasteiger partial charge in [0, 0.05) is 24.2 Å². The zero-order valence-corrected chi connectivity index (χ0v) is 24.2. The molecule has 2 aromatic rings. The van der Waals surface area contributed by atoms with Crippen LogP contribution in [0.5, 0.6) is 0 Å². The molecule has 1 aromatic heterocycles. The Morgan fingerprint density at radius 3 is 1.93 bits per heavy atom. The first-order valence-corrected chi connectivity index (χ1v) is 15.3. The molecule has 1 N–H and O–H groups in total. The Labute approximate surface area is 244 Å². The summed E-state index contributed by atoms with van der Waals surface area (Å²) in [5.74, 6) is 0. The number of nitrogens with zero attached hydrogens (tertiary/aromatic N) is 3. The van der Waals surface area contributed by atoms with Crippen LogP contribution in [0.2, 0.25) is 0 Å². The molecule has 0 saturated carbocycles. The number of hydrogen-bond acceptors (Lipinski definition) is 8. The molecule has 240 valence electrons. The molecule has 1 heterocycles. The number of rotatable bonds is 13. The summed E-state index contributed by atoms with van der Waals surface area (Å²) in [7, 11) is -13.4. The number of halogens is 6. The number of anilines is 1. The molecule has 19 heteroatoms. The monoisotopic (exact) mass is 662 g/mol. The van der Waals surface area contributed by atoms with Gasteiger partial charge >= 0.3 is 17.1 Å². The Hall–Kier alpha value is -3.54. The number of carbonyl (C=O) groups is 1. The number of aliphatic imine (C=N–C) groups is 1. The third-order valence-corrected chi connectivity index (χ3v) is 7.85. The van der Waals surface area contributed by atoms with Crippen molar-refractivity contribution >= 4 is 43.6 Å². The van der Waals surface area contributed by atoms with Gasteiger partial charge in [0.15, 0.2) is 32.4 Å². The molecule has 1 aromatic carbocycles. The topological polar surface area (TPSA) is 154 Å². The molecule has 0 atom stereocenters. The molecule has 0 aliphatic heterocycles. The van der Waals surface area contributed by atoms with E-state index in [4.69, 9.17) is 4.74 Å². The minimum atomic E-state index is -6.72. The summed E-state index contributed by atoms with van der Waals surface area (Å²) in [4.78, 5) is 25.4. The average Bonchev–Trinajstić information content (AvgIpc) is 2.89.